The van der Waals surface area contributed by atoms with E-state index in [9.17, 15) is 9.59 Å². The minimum atomic E-state index is -0.414. The molecule has 29 heavy (non-hydrogen) atoms. The maximum Gasteiger partial charge on any atom is 0.313 e. The van der Waals surface area contributed by atoms with Crippen molar-refractivity contribution in [2.24, 2.45) is 0 Å². The SMILES string of the molecule is CCC(=O)CC(=O)OCCCSc1ccc(CCCCOC2CCCCO2)cc1. The molecule has 0 bridgehead atoms. The Labute approximate surface area is 178 Å². The van der Waals surface area contributed by atoms with Gasteiger partial charge in [0, 0.05) is 30.3 Å². The summed E-state index contributed by atoms with van der Waals surface area (Å²) in [6, 6.07) is 8.67. The smallest absolute Gasteiger partial charge is 0.313 e. The minimum absolute atomic E-state index is 0.0161. The number of benzene rings is 1. The van der Waals surface area contributed by atoms with E-state index < -0.39 is 5.97 Å². The lowest BCUT2D eigenvalue weighted by atomic mass is 10.1. The Morgan fingerprint density at radius 2 is 1.93 bits per heavy atom. The van der Waals surface area contributed by atoms with E-state index in [1.165, 1.54) is 16.9 Å². The van der Waals surface area contributed by atoms with E-state index in [1.807, 2.05) is 0 Å². The van der Waals surface area contributed by atoms with Gasteiger partial charge in [0.25, 0.3) is 0 Å². The van der Waals surface area contributed by atoms with Gasteiger partial charge in [-0.2, -0.15) is 0 Å². The summed E-state index contributed by atoms with van der Waals surface area (Å²) >= 11 is 1.75. The Morgan fingerprint density at radius 3 is 2.66 bits per heavy atom. The van der Waals surface area contributed by atoms with Crippen molar-refractivity contribution in [1.82, 2.24) is 0 Å². The second kappa shape index (κ2) is 14.6. The molecule has 0 aromatic heterocycles. The van der Waals surface area contributed by atoms with Gasteiger partial charge in [-0.3, -0.25) is 9.59 Å². The van der Waals surface area contributed by atoms with Crippen LogP contribution in [-0.4, -0.2) is 43.6 Å². The molecule has 1 aromatic rings. The highest BCUT2D eigenvalue weighted by molar-refractivity contribution is 7.99. The molecule has 5 nitrogen and oxygen atoms in total. The summed E-state index contributed by atoms with van der Waals surface area (Å²) in [6.45, 7) is 3.73. The molecule has 1 saturated heterocycles. The van der Waals surface area contributed by atoms with E-state index in [4.69, 9.17) is 14.2 Å². The van der Waals surface area contributed by atoms with E-state index in [-0.39, 0.29) is 18.5 Å². The number of rotatable bonds is 14. The first kappa shape index (κ1) is 23.9. The second-order valence-electron chi connectivity index (χ2n) is 7.26. The summed E-state index contributed by atoms with van der Waals surface area (Å²) < 4.78 is 16.4. The van der Waals surface area contributed by atoms with Gasteiger partial charge in [0.15, 0.2) is 6.29 Å². The van der Waals surface area contributed by atoms with E-state index >= 15 is 0 Å². The Morgan fingerprint density at radius 1 is 1.10 bits per heavy atom. The zero-order valence-electron chi connectivity index (χ0n) is 17.5. The molecule has 1 atom stereocenters. The van der Waals surface area contributed by atoms with Crippen LogP contribution >= 0.6 is 11.8 Å². The summed E-state index contributed by atoms with van der Waals surface area (Å²) in [7, 11) is 0. The van der Waals surface area contributed by atoms with Crippen LogP contribution < -0.4 is 0 Å². The topological polar surface area (TPSA) is 61.8 Å². The van der Waals surface area contributed by atoms with Crippen LogP contribution in [0.15, 0.2) is 29.2 Å². The quantitative estimate of drug-likeness (QED) is 0.183. The third-order valence-corrected chi connectivity index (χ3v) is 5.88. The average Bonchev–Trinajstić information content (AvgIpc) is 2.75. The number of esters is 1. The van der Waals surface area contributed by atoms with Crippen molar-refractivity contribution in [2.45, 2.75) is 75.9 Å². The molecule has 0 spiro atoms. The molecule has 0 aliphatic carbocycles. The molecule has 0 amide bonds. The Balaban J connectivity index is 1.49. The molecule has 162 valence electrons. The van der Waals surface area contributed by atoms with Gasteiger partial charge < -0.3 is 14.2 Å². The van der Waals surface area contributed by atoms with Crippen molar-refractivity contribution in [2.75, 3.05) is 25.6 Å². The highest BCUT2D eigenvalue weighted by Gasteiger charge is 2.13. The van der Waals surface area contributed by atoms with Gasteiger partial charge in [0.2, 0.25) is 0 Å². The van der Waals surface area contributed by atoms with Gasteiger partial charge in [-0.15, -0.1) is 11.8 Å². The number of aryl methyl sites for hydroxylation is 1. The molecule has 1 fully saturated rings. The lowest BCUT2D eigenvalue weighted by Crippen LogP contribution is -2.22. The molecule has 1 unspecified atom stereocenters. The second-order valence-corrected chi connectivity index (χ2v) is 8.43. The number of Topliss-reactive ketones (excluding diaryl/α,β-unsaturated/α-hetero) is 1. The number of ether oxygens (including phenoxy) is 3. The van der Waals surface area contributed by atoms with Crippen LogP contribution in [0.25, 0.3) is 0 Å². The summed E-state index contributed by atoms with van der Waals surface area (Å²) in [5.74, 6) is 0.396. The highest BCUT2D eigenvalue weighted by Crippen LogP contribution is 2.20. The summed E-state index contributed by atoms with van der Waals surface area (Å²) in [6.07, 6.45) is 7.69. The van der Waals surface area contributed by atoms with Gasteiger partial charge in [0.1, 0.15) is 12.2 Å². The fourth-order valence-corrected chi connectivity index (χ4v) is 3.84. The standard InChI is InChI=1S/C23H34O5S/c1-2-20(24)18-22(25)26-16-7-17-29-21-12-10-19(11-13-21)8-3-5-14-27-23-9-4-6-15-28-23/h10-13,23H,2-9,14-18H2,1H3. The van der Waals surface area contributed by atoms with Gasteiger partial charge >= 0.3 is 5.97 Å². The van der Waals surface area contributed by atoms with Gasteiger partial charge in [-0.1, -0.05) is 19.1 Å². The van der Waals surface area contributed by atoms with E-state index in [1.54, 1.807) is 18.7 Å². The molecule has 0 saturated carbocycles. The van der Waals surface area contributed by atoms with Crippen LogP contribution in [0, 0.1) is 0 Å². The normalized spacial score (nSPS) is 16.5. The van der Waals surface area contributed by atoms with Crippen molar-refractivity contribution >= 4 is 23.5 Å². The summed E-state index contributed by atoms with van der Waals surface area (Å²) in [4.78, 5) is 23.8. The lowest BCUT2D eigenvalue weighted by molar-refractivity contribution is -0.162. The number of ketones is 1. The van der Waals surface area contributed by atoms with E-state index in [0.717, 1.165) is 57.5 Å². The van der Waals surface area contributed by atoms with Gasteiger partial charge in [0.05, 0.1) is 6.61 Å². The summed E-state index contributed by atoms with van der Waals surface area (Å²) in [5.41, 5.74) is 1.35. The molecular weight excluding hydrogens is 388 g/mol. The predicted molar refractivity (Wildman–Crippen MR) is 115 cm³/mol. The number of hydrogen-bond acceptors (Lipinski definition) is 6. The highest BCUT2D eigenvalue weighted by atomic mass is 32.2. The van der Waals surface area contributed by atoms with Crippen molar-refractivity contribution in [3.05, 3.63) is 29.8 Å². The number of thioether (sulfide) groups is 1. The molecule has 2 rings (SSSR count). The van der Waals surface area contributed by atoms with Crippen LogP contribution in [0.1, 0.15) is 63.9 Å². The molecular formula is C23H34O5S. The maximum atomic E-state index is 11.4. The number of hydrogen-bond donors (Lipinski definition) is 0. The minimum Gasteiger partial charge on any atom is -0.465 e. The molecule has 6 heteroatoms. The molecule has 1 heterocycles. The third-order valence-electron chi connectivity index (χ3n) is 4.78. The van der Waals surface area contributed by atoms with Crippen LogP contribution in [0.5, 0.6) is 0 Å². The number of carbonyl (C=O) groups is 2. The molecule has 1 aromatic carbocycles. The fourth-order valence-electron chi connectivity index (χ4n) is 3.01. The zero-order chi connectivity index (χ0) is 20.7. The first-order chi connectivity index (χ1) is 14.2. The molecule has 0 N–H and O–H groups in total. The van der Waals surface area contributed by atoms with Crippen molar-refractivity contribution < 1.29 is 23.8 Å². The van der Waals surface area contributed by atoms with Crippen LogP contribution in [0.4, 0.5) is 0 Å². The van der Waals surface area contributed by atoms with Crippen molar-refractivity contribution in [1.29, 1.82) is 0 Å². The van der Waals surface area contributed by atoms with Gasteiger partial charge in [-0.25, -0.2) is 0 Å². The fraction of sp³-hybridized carbons (Fsp3) is 0.652. The number of carbonyl (C=O) groups excluding carboxylic acids is 2. The van der Waals surface area contributed by atoms with Crippen molar-refractivity contribution in [3.8, 4) is 0 Å². The molecule has 1 aliphatic rings. The summed E-state index contributed by atoms with van der Waals surface area (Å²) in [5, 5.41) is 0. The third kappa shape index (κ3) is 10.8. The lowest BCUT2D eigenvalue weighted by Gasteiger charge is -2.22. The van der Waals surface area contributed by atoms with E-state index in [0.29, 0.717) is 13.0 Å². The molecule has 0 radical (unpaired) electrons. The molecule has 1 aliphatic heterocycles. The first-order valence-electron chi connectivity index (χ1n) is 10.8. The predicted octanol–water partition coefficient (Wildman–Crippen LogP) is 4.95. The Kier molecular flexibility index (Phi) is 12.0. The van der Waals surface area contributed by atoms with Crippen molar-refractivity contribution in [3.63, 3.8) is 0 Å². The van der Waals surface area contributed by atoms with Crippen LogP contribution in [0.3, 0.4) is 0 Å². The number of unbranched alkanes of at least 4 members (excludes halogenated alkanes) is 1. The van der Waals surface area contributed by atoms with Crippen LogP contribution in [-0.2, 0) is 30.2 Å². The van der Waals surface area contributed by atoms with Gasteiger partial charge in [-0.05, 0) is 62.6 Å². The van der Waals surface area contributed by atoms with Crippen LogP contribution in [0.2, 0.25) is 0 Å². The van der Waals surface area contributed by atoms with E-state index in [2.05, 4.69) is 24.3 Å². The average molecular weight is 423 g/mol. The monoisotopic (exact) mass is 422 g/mol. The Hall–Kier alpha value is -1.37. The maximum absolute atomic E-state index is 11.4. The Bertz CT molecular complexity index is 596. The first-order valence-corrected chi connectivity index (χ1v) is 11.8. The largest absolute Gasteiger partial charge is 0.465 e. The zero-order valence-corrected chi connectivity index (χ0v) is 18.3.